The van der Waals surface area contributed by atoms with E-state index in [0.717, 1.165) is 42.4 Å². The van der Waals surface area contributed by atoms with E-state index in [9.17, 15) is 18.0 Å². The van der Waals surface area contributed by atoms with Gasteiger partial charge in [0.2, 0.25) is 11.8 Å². The Labute approximate surface area is 244 Å². The van der Waals surface area contributed by atoms with Crippen molar-refractivity contribution in [2.24, 2.45) is 0 Å². The van der Waals surface area contributed by atoms with E-state index in [2.05, 4.69) is 5.32 Å². The van der Waals surface area contributed by atoms with Crippen molar-refractivity contribution in [1.82, 2.24) is 10.2 Å². The Morgan fingerprint density at radius 2 is 1.59 bits per heavy atom. The smallest absolute Gasteiger partial charge is 0.264 e. The molecule has 41 heavy (non-hydrogen) atoms. The number of nitrogens with one attached hydrogen (secondary N) is 1. The van der Waals surface area contributed by atoms with Gasteiger partial charge in [-0.05, 0) is 74.9 Å². The molecular weight excluding hydrogens is 534 g/mol. The second-order valence-corrected chi connectivity index (χ2v) is 12.8. The van der Waals surface area contributed by atoms with Crippen molar-refractivity contribution in [3.05, 3.63) is 95.6 Å². The maximum absolute atomic E-state index is 14.1. The highest BCUT2D eigenvalue weighted by atomic mass is 32.2. The Hall–Kier alpha value is -3.65. The van der Waals surface area contributed by atoms with Gasteiger partial charge in [0.1, 0.15) is 12.6 Å². The average molecular weight is 576 g/mol. The molecule has 1 aliphatic carbocycles. The molecule has 0 aliphatic heterocycles. The highest BCUT2D eigenvalue weighted by Crippen LogP contribution is 2.26. The number of carbonyl (C=O) groups excluding carboxylic acids is 2. The molecule has 1 aliphatic rings. The SMILES string of the molecule is CCC(C(=O)NC1CCCC1)N(CCc1ccccc1)C(=O)CN(c1cccc(C)c1)S(=O)(=O)c1ccc(C)cc1. The van der Waals surface area contributed by atoms with Gasteiger partial charge in [-0.25, -0.2) is 8.42 Å². The molecule has 0 aromatic heterocycles. The van der Waals surface area contributed by atoms with E-state index in [1.54, 1.807) is 47.4 Å². The van der Waals surface area contributed by atoms with E-state index in [1.165, 1.54) is 4.31 Å². The number of hydrogen-bond acceptors (Lipinski definition) is 4. The summed E-state index contributed by atoms with van der Waals surface area (Å²) >= 11 is 0. The van der Waals surface area contributed by atoms with Gasteiger partial charge in [-0.1, -0.05) is 79.9 Å². The minimum Gasteiger partial charge on any atom is -0.352 e. The summed E-state index contributed by atoms with van der Waals surface area (Å²) in [5.41, 5.74) is 3.26. The maximum Gasteiger partial charge on any atom is 0.264 e. The van der Waals surface area contributed by atoms with Crippen molar-refractivity contribution in [2.45, 2.75) is 76.3 Å². The number of carbonyl (C=O) groups is 2. The fourth-order valence-electron chi connectivity index (χ4n) is 5.41. The largest absolute Gasteiger partial charge is 0.352 e. The lowest BCUT2D eigenvalue weighted by molar-refractivity contribution is -0.139. The van der Waals surface area contributed by atoms with Crippen LogP contribution in [0.25, 0.3) is 0 Å². The van der Waals surface area contributed by atoms with Gasteiger partial charge in [0, 0.05) is 12.6 Å². The zero-order valence-electron chi connectivity index (χ0n) is 24.3. The molecule has 218 valence electrons. The Kier molecular flexibility index (Phi) is 10.2. The van der Waals surface area contributed by atoms with Crippen LogP contribution in [0.3, 0.4) is 0 Å². The summed E-state index contributed by atoms with van der Waals surface area (Å²) in [6.45, 7) is 5.55. The molecule has 7 nitrogen and oxygen atoms in total. The van der Waals surface area contributed by atoms with Crippen molar-refractivity contribution < 1.29 is 18.0 Å². The molecule has 8 heteroatoms. The second kappa shape index (κ2) is 13.8. The molecule has 0 spiro atoms. The van der Waals surface area contributed by atoms with Gasteiger partial charge >= 0.3 is 0 Å². The Morgan fingerprint density at radius 1 is 0.902 bits per heavy atom. The standard InChI is InChI=1S/C33H41N3O4S/c1-4-31(33(38)34-28-14-8-9-15-28)35(22-21-27-12-6-5-7-13-27)32(37)24-36(29-16-10-11-26(3)23-29)41(39,40)30-19-17-25(2)18-20-30/h5-7,10-13,16-20,23,28,31H,4,8-9,14-15,21-22,24H2,1-3H3,(H,34,38). The van der Waals surface area contributed by atoms with Crippen molar-refractivity contribution in [3.8, 4) is 0 Å². The van der Waals surface area contributed by atoms with E-state index in [4.69, 9.17) is 0 Å². The number of amides is 2. The molecule has 1 saturated carbocycles. The lowest BCUT2D eigenvalue weighted by Crippen LogP contribution is -2.54. The van der Waals surface area contributed by atoms with Crippen LogP contribution in [-0.4, -0.2) is 50.3 Å². The van der Waals surface area contributed by atoms with Crippen LogP contribution >= 0.6 is 0 Å². The minimum absolute atomic E-state index is 0.110. The fourth-order valence-corrected chi connectivity index (χ4v) is 6.82. The predicted molar refractivity (Wildman–Crippen MR) is 163 cm³/mol. The van der Waals surface area contributed by atoms with Gasteiger partial charge in [0.25, 0.3) is 10.0 Å². The lowest BCUT2D eigenvalue weighted by Gasteiger charge is -2.34. The molecule has 2 amide bonds. The van der Waals surface area contributed by atoms with Crippen LogP contribution < -0.4 is 9.62 Å². The highest BCUT2D eigenvalue weighted by molar-refractivity contribution is 7.92. The Bertz CT molecular complexity index is 1420. The van der Waals surface area contributed by atoms with Crippen LogP contribution in [0.5, 0.6) is 0 Å². The number of sulfonamides is 1. The van der Waals surface area contributed by atoms with Crippen molar-refractivity contribution in [3.63, 3.8) is 0 Å². The van der Waals surface area contributed by atoms with Gasteiger partial charge in [0.15, 0.2) is 0 Å². The number of hydrogen-bond donors (Lipinski definition) is 1. The average Bonchev–Trinajstić information content (AvgIpc) is 3.47. The topological polar surface area (TPSA) is 86.8 Å². The number of aryl methyl sites for hydroxylation is 2. The monoisotopic (exact) mass is 575 g/mol. The summed E-state index contributed by atoms with van der Waals surface area (Å²) in [6, 6.07) is 23.0. The minimum atomic E-state index is -4.07. The van der Waals surface area contributed by atoms with Crippen molar-refractivity contribution in [2.75, 3.05) is 17.4 Å². The summed E-state index contributed by atoms with van der Waals surface area (Å²) in [6.07, 6.45) is 5.02. The van der Waals surface area contributed by atoms with Gasteiger partial charge in [-0.15, -0.1) is 0 Å². The number of anilines is 1. The number of benzene rings is 3. The predicted octanol–water partition coefficient (Wildman–Crippen LogP) is 5.41. The zero-order valence-corrected chi connectivity index (χ0v) is 25.1. The van der Waals surface area contributed by atoms with Crippen molar-refractivity contribution in [1.29, 1.82) is 0 Å². The van der Waals surface area contributed by atoms with Gasteiger partial charge < -0.3 is 10.2 Å². The summed E-state index contributed by atoms with van der Waals surface area (Å²) < 4.78 is 29.1. The van der Waals surface area contributed by atoms with Gasteiger partial charge in [0.05, 0.1) is 10.6 Å². The summed E-state index contributed by atoms with van der Waals surface area (Å²) in [4.78, 5) is 29.3. The van der Waals surface area contributed by atoms with Gasteiger partial charge in [-0.3, -0.25) is 13.9 Å². The third-order valence-electron chi connectivity index (χ3n) is 7.75. The molecule has 1 N–H and O–H groups in total. The molecule has 4 rings (SSSR count). The molecular formula is C33H41N3O4S. The first-order valence-electron chi connectivity index (χ1n) is 14.5. The van der Waals surface area contributed by atoms with Crippen LogP contribution in [-0.2, 0) is 26.0 Å². The van der Waals surface area contributed by atoms with Gasteiger partial charge in [-0.2, -0.15) is 0 Å². The van der Waals surface area contributed by atoms with E-state index >= 15 is 0 Å². The number of rotatable bonds is 12. The van der Waals surface area contributed by atoms with Crippen LogP contribution in [0, 0.1) is 13.8 Å². The Balaban J connectivity index is 1.67. The first-order chi connectivity index (χ1) is 19.7. The number of nitrogens with zero attached hydrogens (tertiary/aromatic N) is 2. The second-order valence-electron chi connectivity index (χ2n) is 10.9. The molecule has 0 saturated heterocycles. The quantitative estimate of drug-likeness (QED) is 0.313. The maximum atomic E-state index is 14.1. The van der Waals surface area contributed by atoms with E-state index in [-0.39, 0.29) is 16.8 Å². The molecule has 3 aromatic rings. The van der Waals surface area contributed by atoms with Crippen LogP contribution in [0.4, 0.5) is 5.69 Å². The first kappa shape index (κ1) is 30.3. The summed E-state index contributed by atoms with van der Waals surface area (Å²) in [5.74, 6) is -0.587. The van der Waals surface area contributed by atoms with E-state index < -0.39 is 28.5 Å². The zero-order chi connectivity index (χ0) is 29.4. The molecule has 1 unspecified atom stereocenters. The molecule has 1 fully saturated rings. The van der Waals surface area contributed by atoms with E-state index in [1.807, 2.05) is 57.2 Å². The third-order valence-corrected chi connectivity index (χ3v) is 9.54. The summed E-state index contributed by atoms with van der Waals surface area (Å²) in [5, 5.41) is 3.15. The fraction of sp³-hybridized carbons (Fsp3) is 0.394. The lowest BCUT2D eigenvalue weighted by atomic mass is 10.1. The first-order valence-corrected chi connectivity index (χ1v) is 15.9. The third kappa shape index (κ3) is 7.76. The van der Waals surface area contributed by atoms with Crippen molar-refractivity contribution >= 4 is 27.5 Å². The molecule has 3 aromatic carbocycles. The normalized spacial score (nSPS) is 14.4. The Morgan fingerprint density at radius 3 is 2.22 bits per heavy atom. The summed E-state index contributed by atoms with van der Waals surface area (Å²) in [7, 11) is -4.07. The highest BCUT2D eigenvalue weighted by Gasteiger charge is 2.34. The molecule has 1 atom stereocenters. The van der Waals surface area contributed by atoms with Crippen LogP contribution in [0.2, 0.25) is 0 Å². The van der Waals surface area contributed by atoms with Crippen LogP contribution in [0.15, 0.2) is 83.8 Å². The molecule has 0 radical (unpaired) electrons. The van der Waals surface area contributed by atoms with Crippen LogP contribution in [0.1, 0.15) is 55.7 Å². The van der Waals surface area contributed by atoms with E-state index in [0.29, 0.717) is 25.1 Å². The molecule has 0 heterocycles. The molecule has 0 bridgehead atoms.